The van der Waals surface area contributed by atoms with Crippen molar-refractivity contribution < 1.29 is 18.3 Å². The molecule has 0 radical (unpaired) electrons. The molecule has 1 aromatic heterocycles. The number of aromatic carboxylic acids is 1. The van der Waals surface area contributed by atoms with Crippen LogP contribution in [0.2, 0.25) is 10.0 Å². The molecule has 1 heterocycles. The molecular weight excluding hydrogens is 327 g/mol. The number of nitrogens with one attached hydrogen (secondary N) is 2. The Hall–Kier alpha value is -1.70. The zero-order chi connectivity index (χ0) is 14.9. The molecule has 0 bridgehead atoms. The fraction of sp³-hybridized carbons (Fsp3) is 0. The quantitative estimate of drug-likeness (QED) is 0.800. The predicted molar refractivity (Wildman–Crippen MR) is 75.0 cm³/mol. The van der Waals surface area contributed by atoms with Crippen molar-refractivity contribution in [1.82, 2.24) is 4.98 Å². The molecule has 20 heavy (non-hydrogen) atoms. The number of benzene rings is 1. The number of halogens is 2. The van der Waals surface area contributed by atoms with Gasteiger partial charge < -0.3 is 10.1 Å². The van der Waals surface area contributed by atoms with Crippen molar-refractivity contribution in [1.29, 1.82) is 0 Å². The highest BCUT2D eigenvalue weighted by Crippen LogP contribution is 2.27. The van der Waals surface area contributed by atoms with E-state index in [1.54, 1.807) is 0 Å². The van der Waals surface area contributed by atoms with Crippen LogP contribution in [0.1, 0.15) is 10.5 Å². The molecule has 1 aromatic carbocycles. The number of rotatable bonds is 4. The maximum absolute atomic E-state index is 12.1. The second-order valence-corrected chi connectivity index (χ2v) is 6.31. The first-order valence-corrected chi connectivity index (χ1v) is 7.43. The Bertz CT molecular complexity index is 770. The van der Waals surface area contributed by atoms with E-state index in [9.17, 15) is 13.2 Å². The van der Waals surface area contributed by atoms with Gasteiger partial charge in [-0.05, 0) is 24.3 Å². The Kier molecular flexibility index (Phi) is 3.94. The van der Waals surface area contributed by atoms with Crippen molar-refractivity contribution in [3.05, 3.63) is 46.2 Å². The molecule has 106 valence electrons. The number of aromatic amines is 1. The molecule has 6 nitrogen and oxygen atoms in total. The summed E-state index contributed by atoms with van der Waals surface area (Å²) in [5.41, 5.74) is -0.125. The minimum atomic E-state index is -3.95. The normalized spacial score (nSPS) is 11.3. The highest BCUT2D eigenvalue weighted by atomic mass is 35.5. The molecular formula is C11H8Cl2N2O4S. The second kappa shape index (κ2) is 5.35. The summed E-state index contributed by atoms with van der Waals surface area (Å²) in [5.74, 6) is -1.26. The largest absolute Gasteiger partial charge is 0.477 e. The second-order valence-electron chi connectivity index (χ2n) is 3.78. The van der Waals surface area contributed by atoms with Crippen LogP contribution in [0.5, 0.6) is 0 Å². The van der Waals surface area contributed by atoms with E-state index in [1.807, 2.05) is 0 Å². The van der Waals surface area contributed by atoms with E-state index in [-0.39, 0.29) is 21.3 Å². The third-order valence-electron chi connectivity index (χ3n) is 2.37. The summed E-state index contributed by atoms with van der Waals surface area (Å²) < 4.78 is 26.4. The van der Waals surface area contributed by atoms with E-state index in [0.717, 1.165) is 12.3 Å². The fourth-order valence-electron chi connectivity index (χ4n) is 1.43. The Morgan fingerprint density at radius 3 is 2.55 bits per heavy atom. The van der Waals surface area contributed by atoms with Gasteiger partial charge in [0.1, 0.15) is 10.6 Å². The Labute approximate surface area is 124 Å². The maximum atomic E-state index is 12.1. The van der Waals surface area contributed by atoms with Gasteiger partial charge in [0.25, 0.3) is 10.0 Å². The number of aromatic nitrogens is 1. The van der Waals surface area contributed by atoms with Crippen molar-refractivity contribution in [2.75, 3.05) is 4.72 Å². The van der Waals surface area contributed by atoms with Crippen molar-refractivity contribution >= 4 is 44.9 Å². The topological polar surface area (TPSA) is 99.3 Å². The molecule has 0 spiro atoms. The SMILES string of the molecule is O=C(O)c1cc(S(=O)(=O)Nc2cc(Cl)ccc2Cl)c[nH]1. The lowest BCUT2D eigenvalue weighted by Crippen LogP contribution is -2.12. The smallest absolute Gasteiger partial charge is 0.352 e. The van der Waals surface area contributed by atoms with Crippen LogP contribution >= 0.6 is 23.2 Å². The Morgan fingerprint density at radius 2 is 1.95 bits per heavy atom. The van der Waals surface area contributed by atoms with Crippen LogP contribution in [0.3, 0.4) is 0 Å². The summed E-state index contributed by atoms with van der Waals surface area (Å²) in [5, 5.41) is 9.23. The zero-order valence-electron chi connectivity index (χ0n) is 9.72. The molecule has 0 amide bonds. The third kappa shape index (κ3) is 3.06. The van der Waals surface area contributed by atoms with Gasteiger partial charge in [-0.25, -0.2) is 13.2 Å². The standard InChI is InChI=1S/C11H8Cl2N2O4S/c12-6-1-2-8(13)9(3-6)15-20(18,19)7-4-10(11(16)17)14-5-7/h1-5,14-15H,(H,16,17). The number of hydrogen-bond acceptors (Lipinski definition) is 3. The lowest BCUT2D eigenvalue weighted by Gasteiger charge is -2.08. The van der Waals surface area contributed by atoms with E-state index in [2.05, 4.69) is 9.71 Å². The van der Waals surface area contributed by atoms with Gasteiger partial charge >= 0.3 is 5.97 Å². The minimum Gasteiger partial charge on any atom is -0.477 e. The van der Waals surface area contributed by atoms with Crippen molar-refractivity contribution in [2.45, 2.75) is 4.90 Å². The van der Waals surface area contributed by atoms with Crippen LogP contribution in [0.25, 0.3) is 0 Å². The van der Waals surface area contributed by atoms with Gasteiger partial charge in [0.15, 0.2) is 0 Å². The summed E-state index contributed by atoms with van der Waals surface area (Å²) >= 11 is 11.6. The number of hydrogen-bond donors (Lipinski definition) is 3. The van der Waals surface area contributed by atoms with Gasteiger partial charge in [-0.3, -0.25) is 4.72 Å². The molecule has 0 fully saturated rings. The summed E-state index contributed by atoms with van der Waals surface area (Å²) in [6.07, 6.45) is 1.07. The Morgan fingerprint density at radius 1 is 1.25 bits per heavy atom. The molecule has 0 aliphatic carbocycles. The number of carboxylic acids is 1. The average molecular weight is 335 g/mol. The summed E-state index contributed by atoms with van der Waals surface area (Å²) in [4.78, 5) is 12.8. The summed E-state index contributed by atoms with van der Waals surface area (Å²) in [7, 11) is -3.95. The number of carbonyl (C=O) groups is 1. The molecule has 9 heteroatoms. The van der Waals surface area contributed by atoms with Crippen LogP contribution in [0, 0.1) is 0 Å². The molecule has 0 atom stereocenters. The summed E-state index contributed by atoms with van der Waals surface area (Å²) in [6, 6.07) is 5.32. The fourth-order valence-corrected chi connectivity index (χ4v) is 2.89. The molecule has 0 saturated heterocycles. The third-order valence-corrected chi connectivity index (χ3v) is 4.28. The first-order valence-electron chi connectivity index (χ1n) is 5.19. The van der Waals surface area contributed by atoms with Crippen LogP contribution in [0.4, 0.5) is 5.69 Å². The molecule has 0 aliphatic heterocycles. The van der Waals surface area contributed by atoms with E-state index in [4.69, 9.17) is 28.3 Å². The molecule has 0 saturated carbocycles. The van der Waals surface area contributed by atoms with Crippen molar-refractivity contribution in [3.63, 3.8) is 0 Å². The van der Waals surface area contributed by atoms with Gasteiger partial charge in [0.05, 0.1) is 10.7 Å². The highest BCUT2D eigenvalue weighted by molar-refractivity contribution is 7.92. The van der Waals surface area contributed by atoms with E-state index in [0.29, 0.717) is 5.02 Å². The van der Waals surface area contributed by atoms with Crippen molar-refractivity contribution in [3.8, 4) is 0 Å². The number of carboxylic acid groups (broad SMARTS) is 1. The molecule has 0 aliphatic rings. The van der Waals surface area contributed by atoms with Gasteiger partial charge in [0, 0.05) is 11.2 Å². The first-order chi connectivity index (χ1) is 9.29. The highest BCUT2D eigenvalue weighted by Gasteiger charge is 2.19. The van der Waals surface area contributed by atoms with Gasteiger partial charge in [-0.15, -0.1) is 0 Å². The average Bonchev–Trinajstić information content (AvgIpc) is 2.84. The van der Waals surface area contributed by atoms with Gasteiger partial charge in [0.2, 0.25) is 0 Å². The van der Waals surface area contributed by atoms with Gasteiger partial charge in [-0.2, -0.15) is 0 Å². The van der Waals surface area contributed by atoms with Crippen LogP contribution < -0.4 is 4.72 Å². The maximum Gasteiger partial charge on any atom is 0.352 e. The van der Waals surface area contributed by atoms with E-state index in [1.165, 1.54) is 18.2 Å². The number of sulfonamides is 1. The minimum absolute atomic E-state index is 0.109. The zero-order valence-corrected chi connectivity index (χ0v) is 12.1. The van der Waals surface area contributed by atoms with Crippen LogP contribution in [-0.4, -0.2) is 24.5 Å². The van der Waals surface area contributed by atoms with Crippen molar-refractivity contribution in [2.24, 2.45) is 0 Å². The van der Waals surface area contributed by atoms with E-state index >= 15 is 0 Å². The number of anilines is 1. The lowest BCUT2D eigenvalue weighted by molar-refractivity contribution is 0.0691. The van der Waals surface area contributed by atoms with Crippen LogP contribution in [-0.2, 0) is 10.0 Å². The van der Waals surface area contributed by atoms with Crippen LogP contribution in [0.15, 0.2) is 35.4 Å². The number of H-pyrrole nitrogens is 1. The molecule has 2 rings (SSSR count). The first kappa shape index (κ1) is 14.7. The molecule has 3 N–H and O–H groups in total. The lowest BCUT2D eigenvalue weighted by atomic mass is 10.3. The van der Waals surface area contributed by atoms with Gasteiger partial charge in [-0.1, -0.05) is 23.2 Å². The Balaban J connectivity index is 2.35. The molecule has 2 aromatic rings. The summed E-state index contributed by atoms with van der Waals surface area (Å²) in [6.45, 7) is 0. The van der Waals surface area contributed by atoms with E-state index < -0.39 is 16.0 Å². The molecule has 0 unspecified atom stereocenters. The monoisotopic (exact) mass is 334 g/mol. The predicted octanol–water partition coefficient (Wildman–Crippen LogP) is 2.82.